The molecular weight excluding hydrogens is 574 g/mol. The van der Waals surface area contributed by atoms with Crippen molar-refractivity contribution in [3.8, 4) is 28.7 Å². The number of esters is 1. The van der Waals surface area contributed by atoms with Crippen molar-refractivity contribution in [1.82, 2.24) is 4.98 Å². The van der Waals surface area contributed by atoms with Crippen LogP contribution in [0.3, 0.4) is 0 Å². The predicted molar refractivity (Wildman–Crippen MR) is 167 cm³/mol. The Bertz CT molecular complexity index is 1330. The molecule has 0 spiro atoms. The number of hydrogen-bond donors (Lipinski definition) is 3. The Balaban J connectivity index is 1.63. The van der Waals surface area contributed by atoms with Crippen LogP contribution in [0.25, 0.3) is 0 Å². The first-order valence-electron chi connectivity index (χ1n) is 14.2. The molecule has 1 aliphatic heterocycles. The van der Waals surface area contributed by atoms with E-state index in [4.69, 9.17) is 14.2 Å². The molecule has 226 valence electrons. The quantitative estimate of drug-likeness (QED) is 0.166. The zero-order valence-electron chi connectivity index (χ0n) is 24.2. The number of Topliss-reactive ketones (excluding diaryl/α,β-unsaturated/α-hetero) is 1. The number of phenolic OH excluding ortho intramolecular Hbond substituents is 2. The van der Waals surface area contributed by atoms with Crippen molar-refractivity contribution in [2.45, 2.75) is 63.9 Å². The van der Waals surface area contributed by atoms with E-state index in [0.29, 0.717) is 17.3 Å². The van der Waals surface area contributed by atoms with Crippen molar-refractivity contribution < 1.29 is 34.0 Å². The highest BCUT2D eigenvalue weighted by Crippen LogP contribution is 2.46. The highest BCUT2D eigenvalue weighted by Gasteiger charge is 2.35. The van der Waals surface area contributed by atoms with Crippen LogP contribution < -0.4 is 9.47 Å². The average molecular weight is 614 g/mol. The van der Waals surface area contributed by atoms with Gasteiger partial charge in [0.25, 0.3) is 0 Å². The molecule has 1 saturated heterocycles. The van der Waals surface area contributed by atoms with Gasteiger partial charge in [-0.1, -0.05) is 47.4 Å². The fraction of sp³-hybridized carbons (Fsp3) is 0.438. The van der Waals surface area contributed by atoms with Crippen molar-refractivity contribution in [2.75, 3.05) is 18.6 Å². The molecule has 0 saturated carbocycles. The number of ketones is 1. The number of aromatic hydroxyl groups is 2. The van der Waals surface area contributed by atoms with Gasteiger partial charge in [-0.2, -0.15) is 0 Å². The number of unbranched alkanes of at least 4 members (excludes halogenated alkanes) is 1. The Labute approximate surface area is 254 Å². The van der Waals surface area contributed by atoms with Crippen LogP contribution >= 0.6 is 21.6 Å². The summed E-state index contributed by atoms with van der Waals surface area (Å²) < 4.78 is 17.3. The van der Waals surface area contributed by atoms with Crippen molar-refractivity contribution in [3.05, 3.63) is 66.0 Å². The number of carbonyl (C=O) groups excluding carboxylic acids is 2. The summed E-state index contributed by atoms with van der Waals surface area (Å²) in [4.78, 5) is 29.0. The van der Waals surface area contributed by atoms with Crippen LogP contribution in [0.15, 0.2) is 54.9 Å². The lowest BCUT2D eigenvalue weighted by Crippen LogP contribution is -2.34. The van der Waals surface area contributed by atoms with Crippen LogP contribution in [-0.2, 0) is 14.3 Å². The number of aromatic nitrogens is 1. The summed E-state index contributed by atoms with van der Waals surface area (Å²) in [5, 5.41) is 20.8. The number of aromatic amines is 1. The smallest absolute Gasteiger partial charge is 0.302 e. The van der Waals surface area contributed by atoms with Crippen molar-refractivity contribution in [1.29, 1.82) is 0 Å². The summed E-state index contributed by atoms with van der Waals surface area (Å²) in [6.07, 6.45) is 6.61. The number of hydrogen-bond acceptors (Lipinski definition) is 9. The lowest BCUT2D eigenvalue weighted by Gasteiger charge is -2.33. The minimum Gasteiger partial charge on any atom is -0.508 e. The van der Waals surface area contributed by atoms with Crippen LogP contribution in [0.4, 0.5) is 0 Å². The molecular formula is C32H39NO7S2. The van der Waals surface area contributed by atoms with Crippen LogP contribution in [0, 0.1) is 5.92 Å². The van der Waals surface area contributed by atoms with Gasteiger partial charge in [0.1, 0.15) is 23.4 Å². The molecule has 4 unspecified atom stereocenters. The molecule has 0 aliphatic carbocycles. The first-order valence-corrected chi connectivity index (χ1v) is 16.7. The molecule has 0 radical (unpaired) electrons. The van der Waals surface area contributed by atoms with E-state index in [1.165, 1.54) is 26.2 Å². The molecule has 0 amide bonds. The number of nitrogens with one attached hydrogen (secondary N) is 1. The maximum atomic E-state index is 13.6. The third-order valence-electron chi connectivity index (χ3n) is 7.54. The predicted octanol–water partition coefficient (Wildman–Crippen LogP) is 7.58. The van der Waals surface area contributed by atoms with Gasteiger partial charge in [0, 0.05) is 67.5 Å². The number of phenols is 2. The third-order valence-corrected chi connectivity index (χ3v) is 10.1. The van der Waals surface area contributed by atoms with Gasteiger partial charge in [0.15, 0.2) is 11.5 Å². The van der Waals surface area contributed by atoms with Gasteiger partial charge in [-0.3, -0.25) is 9.59 Å². The van der Waals surface area contributed by atoms with Gasteiger partial charge < -0.3 is 29.4 Å². The fourth-order valence-electron chi connectivity index (χ4n) is 5.48. The van der Waals surface area contributed by atoms with E-state index < -0.39 is 6.10 Å². The number of benzene rings is 2. The van der Waals surface area contributed by atoms with Gasteiger partial charge in [0.05, 0.1) is 7.11 Å². The molecule has 2 heterocycles. The van der Waals surface area contributed by atoms with Gasteiger partial charge >= 0.3 is 5.97 Å². The maximum Gasteiger partial charge on any atom is 0.302 e. The Morgan fingerprint density at radius 3 is 2.57 bits per heavy atom. The van der Waals surface area contributed by atoms with Crippen LogP contribution in [0.2, 0.25) is 0 Å². The van der Waals surface area contributed by atoms with Crippen molar-refractivity contribution in [3.63, 3.8) is 0 Å². The first-order chi connectivity index (χ1) is 20.3. The summed E-state index contributed by atoms with van der Waals surface area (Å²) in [6, 6.07) is 11.7. The number of methoxy groups -OCH3 is 1. The minimum atomic E-state index is -0.521. The topological polar surface area (TPSA) is 118 Å². The number of ether oxygens (including phenoxy) is 3. The second-order valence-corrected chi connectivity index (χ2v) is 13.1. The van der Waals surface area contributed by atoms with E-state index in [2.05, 4.69) is 18.0 Å². The van der Waals surface area contributed by atoms with Gasteiger partial charge in [0.2, 0.25) is 5.75 Å². The van der Waals surface area contributed by atoms with Crippen LogP contribution in [0.5, 0.6) is 28.7 Å². The third kappa shape index (κ3) is 8.41. The Morgan fingerprint density at radius 2 is 1.88 bits per heavy atom. The Morgan fingerprint density at radius 1 is 1.07 bits per heavy atom. The summed E-state index contributed by atoms with van der Waals surface area (Å²) in [7, 11) is 4.94. The fourth-order valence-corrected chi connectivity index (χ4v) is 8.25. The van der Waals surface area contributed by atoms with E-state index in [-0.39, 0.29) is 59.6 Å². The molecule has 3 N–H and O–H groups in total. The number of rotatable bonds is 9. The summed E-state index contributed by atoms with van der Waals surface area (Å²) >= 11 is 0. The molecule has 1 fully saturated rings. The molecule has 10 heteroatoms. The number of carbonyl (C=O) groups is 2. The normalized spacial score (nSPS) is 21.7. The highest BCUT2D eigenvalue weighted by atomic mass is 33.1. The molecule has 42 heavy (non-hydrogen) atoms. The van der Waals surface area contributed by atoms with Gasteiger partial charge in [-0.05, 0) is 47.9 Å². The summed E-state index contributed by atoms with van der Waals surface area (Å²) in [6.45, 7) is 3.54. The number of H-pyrrole nitrogens is 1. The van der Waals surface area contributed by atoms with Crippen molar-refractivity contribution in [2.24, 2.45) is 5.92 Å². The van der Waals surface area contributed by atoms with Crippen molar-refractivity contribution >= 4 is 33.3 Å². The molecule has 2 aromatic carbocycles. The SMILES string of the molecule is CCCCC1C(OC(C)=O)CC(=O)CC(c2cc(O)c(Oc3cccc(O)c3)c(OC)c2)CSSCC1c1cc[nH]c1. The van der Waals surface area contributed by atoms with E-state index in [1.807, 2.05) is 12.4 Å². The monoisotopic (exact) mass is 613 g/mol. The Kier molecular flexibility index (Phi) is 11.5. The van der Waals surface area contributed by atoms with Crippen LogP contribution in [-0.4, -0.2) is 51.7 Å². The second kappa shape index (κ2) is 15.3. The zero-order valence-corrected chi connectivity index (χ0v) is 25.8. The molecule has 1 aromatic heterocycles. The lowest BCUT2D eigenvalue weighted by molar-refractivity contribution is -0.151. The van der Waals surface area contributed by atoms with E-state index in [1.54, 1.807) is 45.9 Å². The lowest BCUT2D eigenvalue weighted by atomic mass is 9.79. The molecule has 0 bridgehead atoms. The summed E-state index contributed by atoms with van der Waals surface area (Å²) in [5.41, 5.74) is 1.91. The largest absolute Gasteiger partial charge is 0.508 e. The van der Waals surface area contributed by atoms with Gasteiger partial charge in [-0.25, -0.2) is 0 Å². The standard InChI is InChI=1S/C32H39NO7S2/c1-4-5-9-27-28(21-10-11-33-17-21)19-42-41-18-23(12-25(36)16-30(27)39-20(2)34)22-13-29(37)32(31(14-22)38-3)40-26-8-6-7-24(35)15-26/h6-8,10-11,13-15,17,23,27-28,30,33,35,37H,4-5,9,12,16,18-19H2,1-3H3. The van der Waals surface area contributed by atoms with E-state index in [9.17, 15) is 19.8 Å². The molecule has 1 aliphatic rings. The zero-order chi connectivity index (χ0) is 30.1. The maximum absolute atomic E-state index is 13.6. The molecule has 4 rings (SSSR count). The average Bonchev–Trinajstić information content (AvgIpc) is 3.48. The molecule has 3 aromatic rings. The summed E-state index contributed by atoms with van der Waals surface area (Å²) in [5.74, 6) is 1.69. The highest BCUT2D eigenvalue weighted by molar-refractivity contribution is 8.76. The van der Waals surface area contributed by atoms with E-state index >= 15 is 0 Å². The van der Waals surface area contributed by atoms with E-state index in [0.717, 1.165) is 36.1 Å². The van der Waals surface area contributed by atoms with Crippen LogP contribution in [0.1, 0.15) is 68.9 Å². The Hall–Kier alpha value is -3.24. The second-order valence-electron chi connectivity index (χ2n) is 10.6. The first kappa shape index (κ1) is 31.7. The molecule has 4 atom stereocenters. The molecule has 8 nitrogen and oxygen atoms in total. The minimum absolute atomic E-state index is 0.00612. The van der Waals surface area contributed by atoms with Gasteiger partial charge in [-0.15, -0.1) is 0 Å².